The van der Waals surface area contributed by atoms with Gasteiger partial charge in [-0.2, -0.15) is 0 Å². The number of nitrogens with one attached hydrogen (secondary N) is 1. The van der Waals surface area contributed by atoms with Gasteiger partial charge in [0.2, 0.25) is 0 Å². The summed E-state index contributed by atoms with van der Waals surface area (Å²) in [6, 6.07) is 6.41. The van der Waals surface area contributed by atoms with Gasteiger partial charge in [0, 0.05) is 18.2 Å². The Bertz CT molecular complexity index is 379. The molecule has 20 heavy (non-hydrogen) atoms. The van der Waals surface area contributed by atoms with Gasteiger partial charge in [-0.1, -0.05) is 70.2 Å². The van der Waals surface area contributed by atoms with E-state index >= 15 is 0 Å². The predicted octanol–water partition coefficient (Wildman–Crippen LogP) is 5.19. The van der Waals surface area contributed by atoms with E-state index in [-0.39, 0.29) is 0 Å². The van der Waals surface area contributed by atoms with Crippen molar-refractivity contribution < 1.29 is 4.74 Å². The molecule has 0 bridgehead atoms. The molecule has 0 heterocycles. The first-order valence-corrected chi connectivity index (χ1v) is 8.16. The second-order valence-electron chi connectivity index (χ2n) is 5.53. The van der Waals surface area contributed by atoms with Gasteiger partial charge >= 0.3 is 0 Å². The number of hydrogen-bond acceptors (Lipinski definition) is 2. The first-order chi connectivity index (χ1) is 9.65. The summed E-state index contributed by atoms with van der Waals surface area (Å²) >= 11 is 6.25. The molecule has 114 valence electrons. The Labute approximate surface area is 128 Å². The lowest BCUT2D eigenvalue weighted by Crippen LogP contribution is -2.22. The van der Waals surface area contributed by atoms with Gasteiger partial charge < -0.3 is 10.1 Å². The molecule has 0 fully saturated rings. The van der Waals surface area contributed by atoms with Crippen molar-refractivity contribution in [2.45, 2.75) is 65.5 Å². The average molecular weight is 298 g/mol. The highest BCUT2D eigenvalue weighted by Gasteiger charge is 2.08. The van der Waals surface area contributed by atoms with Crippen LogP contribution in [0.4, 0.5) is 0 Å². The molecule has 0 aromatic heterocycles. The lowest BCUT2D eigenvalue weighted by molar-refractivity contribution is 0.300. The van der Waals surface area contributed by atoms with Gasteiger partial charge in [-0.25, -0.2) is 0 Å². The molecule has 0 atom stereocenters. The predicted molar refractivity (Wildman–Crippen MR) is 87.7 cm³/mol. The summed E-state index contributed by atoms with van der Waals surface area (Å²) in [6.45, 7) is 8.05. The Balaban J connectivity index is 2.46. The summed E-state index contributed by atoms with van der Waals surface area (Å²) in [5.74, 6) is 0.845. The van der Waals surface area contributed by atoms with Crippen LogP contribution in [0.3, 0.4) is 0 Å². The molecular formula is C17H28ClNO. The first kappa shape index (κ1) is 17.3. The highest BCUT2D eigenvalue weighted by molar-refractivity contribution is 6.32. The van der Waals surface area contributed by atoms with Gasteiger partial charge in [0.15, 0.2) is 0 Å². The minimum atomic E-state index is 0.455. The van der Waals surface area contributed by atoms with E-state index in [1.807, 2.05) is 12.1 Å². The molecule has 0 spiro atoms. The van der Waals surface area contributed by atoms with Gasteiger partial charge in [-0.15, -0.1) is 0 Å². The largest absolute Gasteiger partial charge is 0.492 e. The molecule has 1 N–H and O–H groups in total. The van der Waals surface area contributed by atoms with Crippen molar-refractivity contribution in [1.82, 2.24) is 5.32 Å². The van der Waals surface area contributed by atoms with Crippen molar-refractivity contribution in [2.24, 2.45) is 0 Å². The highest BCUT2D eigenvalue weighted by Crippen LogP contribution is 2.29. The summed E-state index contributed by atoms with van der Waals surface area (Å²) in [6.07, 6.45) is 6.22. The fourth-order valence-corrected chi connectivity index (χ4v) is 2.30. The van der Waals surface area contributed by atoms with Crippen LogP contribution in [0.25, 0.3) is 0 Å². The zero-order valence-corrected chi connectivity index (χ0v) is 13.8. The van der Waals surface area contributed by atoms with Crippen LogP contribution < -0.4 is 10.1 Å². The minimum absolute atomic E-state index is 0.455. The van der Waals surface area contributed by atoms with Gasteiger partial charge in [0.1, 0.15) is 5.75 Å². The van der Waals surface area contributed by atoms with Gasteiger partial charge in [-0.05, 0) is 12.5 Å². The fraction of sp³-hybridized carbons (Fsp3) is 0.647. The van der Waals surface area contributed by atoms with Crippen LogP contribution in [0.15, 0.2) is 18.2 Å². The van der Waals surface area contributed by atoms with Crippen molar-refractivity contribution >= 4 is 11.6 Å². The van der Waals surface area contributed by atoms with Gasteiger partial charge in [0.25, 0.3) is 0 Å². The SMILES string of the molecule is CCCCCCCOc1c(Cl)cccc1CNC(C)C. The molecule has 0 saturated heterocycles. The molecule has 3 heteroatoms. The third kappa shape index (κ3) is 6.62. The van der Waals surface area contributed by atoms with E-state index in [0.29, 0.717) is 11.1 Å². The van der Waals surface area contributed by atoms with Crippen LogP contribution in [0.2, 0.25) is 5.02 Å². The number of benzene rings is 1. The van der Waals surface area contributed by atoms with E-state index in [0.717, 1.165) is 30.9 Å². The number of hydrogen-bond donors (Lipinski definition) is 1. The summed E-state index contributed by atoms with van der Waals surface area (Å²) in [5.41, 5.74) is 1.14. The molecule has 0 aliphatic carbocycles. The second kappa shape index (κ2) is 10.1. The maximum Gasteiger partial charge on any atom is 0.142 e. The molecule has 0 radical (unpaired) electrons. The summed E-state index contributed by atoms with van der Waals surface area (Å²) in [5, 5.41) is 4.12. The molecular weight excluding hydrogens is 270 g/mol. The Kier molecular flexibility index (Phi) is 8.72. The summed E-state index contributed by atoms with van der Waals surface area (Å²) in [7, 11) is 0. The lowest BCUT2D eigenvalue weighted by atomic mass is 10.1. The summed E-state index contributed by atoms with van der Waals surface area (Å²) < 4.78 is 5.91. The van der Waals surface area contributed by atoms with Crippen molar-refractivity contribution in [3.63, 3.8) is 0 Å². The van der Waals surface area contributed by atoms with E-state index in [2.05, 4.69) is 32.2 Å². The molecule has 1 aromatic carbocycles. The zero-order chi connectivity index (χ0) is 14.8. The van der Waals surface area contributed by atoms with Gasteiger partial charge in [0.05, 0.1) is 11.6 Å². The Morgan fingerprint density at radius 1 is 1.15 bits per heavy atom. The van der Waals surface area contributed by atoms with Crippen LogP contribution in [-0.4, -0.2) is 12.6 Å². The molecule has 0 aliphatic heterocycles. The van der Waals surface area contributed by atoms with Crippen LogP contribution >= 0.6 is 11.6 Å². The van der Waals surface area contributed by atoms with Crippen LogP contribution in [0, 0.1) is 0 Å². The molecule has 1 aromatic rings. The minimum Gasteiger partial charge on any atom is -0.492 e. The molecule has 0 amide bonds. The van der Waals surface area contributed by atoms with Gasteiger partial charge in [-0.3, -0.25) is 0 Å². The third-order valence-corrected chi connectivity index (χ3v) is 3.54. The van der Waals surface area contributed by atoms with Crippen molar-refractivity contribution in [3.8, 4) is 5.75 Å². The molecule has 0 aliphatic rings. The van der Waals surface area contributed by atoms with E-state index in [9.17, 15) is 0 Å². The molecule has 0 saturated carbocycles. The number of halogens is 1. The number of rotatable bonds is 10. The van der Waals surface area contributed by atoms with Crippen molar-refractivity contribution in [1.29, 1.82) is 0 Å². The number of unbranched alkanes of at least 4 members (excludes halogenated alkanes) is 4. The Morgan fingerprint density at radius 3 is 2.60 bits per heavy atom. The Morgan fingerprint density at radius 2 is 1.90 bits per heavy atom. The smallest absolute Gasteiger partial charge is 0.142 e. The quantitative estimate of drug-likeness (QED) is 0.600. The Hall–Kier alpha value is -0.730. The standard InChI is InChI=1S/C17H28ClNO/c1-4-5-6-7-8-12-20-17-15(13-19-14(2)3)10-9-11-16(17)18/h9-11,14,19H,4-8,12-13H2,1-3H3. The third-order valence-electron chi connectivity index (χ3n) is 3.24. The van der Waals surface area contributed by atoms with E-state index < -0.39 is 0 Å². The topological polar surface area (TPSA) is 21.3 Å². The monoisotopic (exact) mass is 297 g/mol. The maximum absolute atomic E-state index is 6.25. The molecule has 1 rings (SSSR count). The van der Waals surface area contributed by atoms with E-state index in [4.69, 9.17) is 16.3 Å². The van der Waals surface area contributed by atoms with E-state index in [1.165, 1.54) is 25.7 Å². The second-order valence-corrected chi connectivity index (χ2v) is 5.93. The van der Waals surface area contributed by atoms with E-state index in [1.54, 1.807) is 0 Å². The van der Waals surface area contributed by atoms with Crippen molar-refractivity contribution in [2.75, 3.05) is 6.61 Å². The lowest BCUT2D eigenvalue weighted by Gasteiger charge is -2.15. The number of para-hydroxylation sites is 1. The normalized spacial score (nSPS) is 11.1. The summed E-state index contributed by atoms with van der Waals surface area (Å²) in [4.78, 5) is 0. The van der Waals surface area contributed by atoms with Crippen LogP contribution in [-0.2, 0) is 6.54 Å². The maximum atomic E-state index is 6.25. The molecule has 2 nitrogen and oxygen atoms in total. The average Bonchev–Trinajstić information content (AvgIpc) is 2.42. The van der Waals surface area contributed by atoms with Crippen molar-refractivity contribution in [3.05, 3.63) is 28.8 Å². The highest BCUT2D eigenvalue weighted by atomic mass is 35.5. The zero-order valence-electron chi connectivity index (χ0n) is 13.0. The number of ether oxygens (including phenoxy) is 1. The van der Waals surface area contributed by atoms with Crippen LogP contribution in [0.1, 0.15) is 58.4 Å². The fourth-order valence-electron chi connectivity index (χ4n) is 2.05. The van der Waals surface area contributed by atoms with Crippen LogP contribution in [0.5, 0.6) is 5.75 Å². The first-order valence-electron chi connectivity index (χ1n) is 7.78. The molecule has 0 unspecified atom stereocenters.